The minimum absolute atomic E-state index is 0.0691. The molecule has 0 aromatic carbocycles. The molecule has 0 aromatic rings. The summed E-state index contributed by atoms with van der Waals surface area (Å²) in [7, 11) is 0. The van der Waals surface area contributed by atoms with Gasteiger partial charge in [0.1, 0.15) is 5.60 Å². The number of amides is 1. The van der Waals surface area contributed by atoms with Crippen LogP contribution >= 0.6 is 0 Å². The van der Waals surface area contributed by atoms with Gasteiger partial charge in [-0.1, -0.05) is 12.2 Å². The van der Waals surface area contributed by atoms with Crippen LogP contribution in [0.5, 0.6) is 0 Å². The molecule has 0 saturated heterocycles. The topological polar surface area (TPSA) is 55.4 Å². The van der Waals surface area contributed by atoms with Gasteiger partial charge in [0.2, 0.25) is 5.91 Å². The fraction of sp³-hybridized carbons (Fsp3) is 0.733. The zero-order valence-corrected chi connectivity index (χ0v) is 12.2. The molecular weight excluding hydrogens is 242 g/mol. The molecule has 1 N–H and O–H groups in total. The molecule has 19 heavy (non-hydrogen) atoms. The summed E-state index contributed by atoms with van der Waals surface area (Å²) in [4.78, 5) is 23.1. The second-order valence-electron chi connectivity index (χ2n) is 6.04. The van der Waals surface area contributed by atoms with Gasteiger partial charge in [-0.25, -0.2) is 0 Å². The molecule has 1 unspecified atom stereocenters. The number of esters is 1. The highest BCUT2D eigenvalue weighted by molar-refractivity contribution is 5.81. The molecule has 1 atom stereocenters. The van der Waals surface area contributed by atoms with Crippen LogP contribution in [-0.4, -0.2) is 24.0 Å². The van der Waals surface area contributed by atoms with Crippen molar-refractivity contribution in [2.24, 2.45) is 5.92 Å². The van der Waals surface area contributed by atoms with Gasteiger partial charge in [0.15, 0.2) is 0 Å². The van der Waals surface area contributed by atoms with Crippen molar-refractivity contribution in [3.05, 3.63) is 12.2 Å². The third-order valence-corrected chi connectivity index (χ3v) is 2.94. The molecule has 1 amide bonds. The molecule has 0 spiro atoms. The minimum Gasteiger partial charge on any atom is -0.460 e. The van der Waals surface area contributed by atoms with Crippen molar-refractivity contribution < 1.29 is 14.3 Å². The number of rotatable bonds is 5. The van der Waals surface area contributed by atoms with Gasteiger partial charge in [0.25, 0.3) is 0 Å². The van der Waals surface area contributed by atoms with E-state index in [1.165, 1.54) is 0 Å². The Kier molecular flexibility index (Phi) is 6.06. The van der Waals surface area contributed by atoms with Crippen LogP contribution in [-0.2, 0) is 14.3 Å². The second-order valence-corrected chi connectivity index (χ2v) is 6.04. The number of hydrogen-bond donors (Lipinski definition) is 1. The first kappa shape index (κ1) is 15.7. The smallest absolute Gasteiger partial charge is 0.306 e. The van der Waals surface area contributed by atoms with Gasteiger partial charge in [0.05, 0.1) is 6.42 Å². The number of allylic oxidation sites excluding steroid dienone is 2. The van der Waals surface area contributed by atoms with Crippen LogP contribution in [0.1, 0.15) is 52.9 Å². The van der Waals surface area contributed by atoms with E-state index >= 15 is 0 Å². The van der Waals surface area contributed by atoms with E-state index < -0.39 is 5.60 Å². The monoisotopic (exact) mass is 267 g/mol. The van der Waals surface area contributed by atoms with E-state index in [2.05, 4.69) is 17.5 Å². The van der Waals surface area contributed by atoms with E-state index in [4.69, 9.17) is 4.74 Å². The summed E-state index contributed by atoms with van der Waals surface area (Å²) in [5.74, 6) is 0.152. The van der Waals surface area contributed by atoms with Crippen molar-refractivity contribution in [1.82, 2.24) is 5.32 Å². The molecular formula is C15H25NO3. The summed E-state index contributed by atoms with van der Waals surface area (Å²) < 4.78 is 5.15. The highest BCUT2D eigenvalue weighted by Gasteiger charge is 2.17. The standard InChI is InChI=1S/C15H25NO3/c1-15(2,3)19-14(18)10-9-13(17)16-11-12-7-5-4-6-8-12/h4-5,12H,6-11H2,1-3H3,(H,16,17). The largest absolute Gasteiger partial charge is 0.460 e. The Morgan fingerprint density at radius 3 is 2.58 bits per heavy atom. The van der Waals surface area contributed by atoms with Gasteiger partial charge in [-0.15, -0.1) is 0 Å². The first-order valence-corrected chi connectivity index (χ1v) is 7.00. The fourth-order valence-corrected chi connectivity index (χ4v) is 2.00. The van der Waals surface area contributed by atoms with E-state index in [-0.39, 0.29) is 24.7 Å². The summed E-state index contributed by atoms with van der Waals surface area (Å²) in [5, 5.41) is 2.89. The Labute approximate surface area is 115 Å². The third-order valence-electron chi connectivity index (χ3n) is 2.94. The lowest BCUT2D eigenvalue weighted by atomic mass is 9.94. The Morgan fingerprint density at radius 1 is 1.26 bits per heavy atom. The highest BCUT2D eigenvalue weighted by Crippen LogP contribution is 2.17. The van der Waals surface area contributed by atoms with Gasteiger partial charge >= 0.3 is 5.97 Å². The molecule has 4 nitrogen and oxygen atoms in total. The zero-order chi connectivity index (χ0) is 14.3. The molecule has 0 aromatic heterocycles. The van der Waals surface area contributed by atoms with Crippen molar-refractivity contribution in [1.29, 1.82) is 0 Å². The summed E-state index contributed by atoms with van der Waals surface area (Å²) in [5.41, 5.74) is -0.484. The SMILES string of the molecule is CC(C)(C)OC(=O)CCC(=O)NCC1CC=CCC1. The second kappa shape index (κ2) is 7.31. The molecule has 0 bridgehead atoms. The molecule has 1 rings (SSSR count). The van der Waals surface area contributed by atoms with Crippen LogP contribution in [0.3, 0.4) is 0 Å². The maximum absolute atomic E-state index is 11.6. The summed E-state index contributed by atoms with van der Waals surface area (Å²) >= 11 is 0. The lowest BCUT2D eigenvalue weighted by Gasteiger charge is -2.20. The molecule has 0 fully saturated rings. The average Bonchev–Trinajstić information content (AvgIpc) is 2.33. The van der Waals surface area contributed by atoms with Gasteiger partial charge in [-0.05, 0) is 46.0 Å². The molecule has 0 heterocycles. The molecule has 0 radical (unpaired) electrons. The van der Waals surface area contributed by atoms with Crippen LogP contribution in [0, 0.1) is 5.92 Å². The van der Waals surface area contributed by atoms with Gasteiger partial charge < -0.3 is 10.1 Å². The third kappa shape index (κ3) is 7.65. The summed E-state index contributed by atoms with van der Waals surface area (Å²) in [6.07, 6.45) is 7.96. The first-order chi connectivity index (χ1) is 8.87. The van der Waals surface area contributed by atoms with E-state index in [1.807, 2.05) is 20.8 Å². The molecule has 4 heteroatoms. The molecule has 1 aliphatic rings. The van der Waals surface area contributed by atoms with Crippen molar-refractivity contribution in [2.45, 2.75) is 58.5 Å². The number of hydrogen-bond acceptors (Lipinski definition) is 3. The van der Waals surface area contributed by atoms with E-state index in [0.29, 0.717) is 12.5 Å². The van der Waals surface area contributed by atoms with Crippen molar-refractivity contribution in [3.63, 3.8) is 0 Å². The van der Waals surface area contributed by atoms with Crippen molar-refractivity contribution in [2.75, 3.05) is 6.54 Å². The van der Waals surface area contributed by atoms with Crippen LogP contribution < -0.4 is 5.32 Å². The maximum atomic E-state index is 11.6. The van der Waals surface area contributed by atoms with E-state index in [9.17, 15) is 9.59 Å². The Hall–Kier alpha value is -1.32. The Balaban J connectivity index is 2.14. The Bertz CT molecular complexity index is 342. The van der Waals surface area contributed by atoms with Gasteiger partial charge in [-0.2, -0.15) is 0 Å². The number of carbonyl (C=O) groups is 2. The highest BCUT2D eigenvalue weighted by atomic mass is 16.6. The molecule has 108 valence electrons. The number of nitrogens with one attached hydrogen (secondary N) is 1. The van der Waals surface area contributed by atoms with Crippen LogP contribution in [0.25, 0.3) is 0 Å². The summed E-state index contributed by atoms with van der Waals surface area (Å²) in [6, 6.07) is 0. The number of carbonyl (C=O) groups excluding carboxylic acids is 2. The predicted molar refractivity (Wildman–Crippen MR) is 74.6 cm³/mol. The van der Waals surface area contributed by atoms with Crippen molar-refractivity contribution >= 4 is 11.9 Å². The normalized spacial score (nSPS) is 19.0. The van der Waals surface area contributed by atoms with Gasteiger partial charge in [0, 0.05) is 13.0 Å². The maximum Gasteiger partial charge on any atom is 0.306 e. The minimum atomic E-state index is -0.484. The Morgan fingerprint density at radius 2 is 2.00 bits per heavy atom. The van der Waals surface area contributed by atoms with Crippen LogP contribution in [0.2, 0.25) is 0 Å². The predicted octanol–water partition coefficient (Wildman–Crippen LogP) is 2.58. The van der Waals surface area contributed by atoms with Gasteiger partial charge in [-0.3, -0.25) is 9.59 Å². The van der Waals surface area contributed by atoms with E-state index in [0.717, 1.165) is 19.3 Å². The van der Waals surface area contributed by atoms with Crippen molar-refractivity contribution in [3.8, 4) is 0 Å². The summed E-state index contributed by atoms with van der Waals surface area (Å²) in [6.45, 7) is 6.17. The molecule has 0 aliphatic heterocycles. The first-order valence-electron chi connectivity index (χ1n) is 7.00. The molecule has 0 saturated carbocycles. The average molecular weight is 267 g/mol. The lowest BCUT2D eigenvalue weighted by Crippen LogP contribution is -2.30. The zero-order valence-electron chi connectivity index (χ0n) is 12.2. The number of ether oxygens (including phenoxy) is 1. The quantitative estimate of drug-likeness (QED) is 0.615. The lowest BCUT2D eigenvalue weighted by molar-refractivity contribution is -0.155. The fourth-order valence-electron chi connectivity index (χ4n) is 2.00. The molecule has 1 aliphatic carbocycles. The van der Waals surface area contributed by atoms with Crippen LogP contribution in [0.15, 0.2) is 12.2 Å². The van der Waals surface area contributed by atoms with Crippen LogP contribution in [0.4, 0.5) is 0 Å². The van der Waals surface area contributed by atoms with E-state index in [1.54, 1.807) is 0 Å².